The molecule has 0 radical (unpaired) electrons. The highest BCUT2D eigenvalue weighted by Gasteiger charge is 2.33. The summed E-state index contributed by atoms with van der Waals surface area (Å²) in [5.74, 6) is -0.537. The summed E-state index contributed by atoms with van der Waals surface area (Å²) in [4.78, 5) is 41.2. The number of nitrogens with one attached hydrogen (secondary N) is 1. The van der Waals surface area contributed by atoms with Gasteiger partial charge in [0.25, 0.3) is 5.56 Å². The number of anilines is 2. The predicted molar refractivity (Wildman–Crippen MR) is 172 cm³/mol. The topological polar surface area (TPSA) is 127 Å². The maximum atomic E-state index is 15.7. The van der Waals surface area contributed by atoms with Gasteiger partial charge in [-0.3, -0.25) is 19.1 Å². The van der Waals surface area contributed by atoms with E-state index in [2.05, 4.69) is 27.0 Å². The van der Waals surface area contributed by atoms with Crippen molar-refractivity contribution < 1.29 is 23.8 Å². The van der Waals surface area contributed by atoms with E-state index in [9.17, 15) is 14.7 Å². The van der Waals surface area contributed by atoms with Gasteiger partial charge in [0.05, 0.1) is 48.7 Å². The molecular weight excluding hydrogens is 617 g/mol. The Morgan fingerprint density at radius 2 is 2.04 bits per heavy atom. The molecule has 3 aliphatic rings. The second-order valence-corrected chi connectivity index (χ2v) is 12.6. The molecule has 0 bridgehead atoms. The molecule has 0 spiro atoms. The van der Waals surface area contributed by atoms with Gasteiger partial charge < -0.3 is 29.4 Å². The van der Waals surface area contributed by atoms with Crippen LogP contribution < -0.4 is 20.5 Å². The van der Waals surface area contributed by atoms with Gasteiger partial charge in [0.1, 0.15) is 23.8 Å². The first-order valence-electron chi connectivity index (χ1n) is 15.4. The molecule has 7 rings (SSSR count). The van der Waals surface area contributed by atoms with E-state index >= 15 is 4.39 Å². The summed E-state index contributed by atoms with van der Waals surface area (Å²) < 4.78 is 29.4. The molecule has 0 saturated carbocycles. The smallest absolute Gasteiger partial charge is 0.263 e. The number of carbonyl (C=O) groups excluding carboxylic acids is 1. The largest absolute Gasteiger partial charge is 0.504 e. The van der Waals surface area contributed by atoms with Crippen LogP contribution in [0.2, 0.25) is 5.02 Å². The van der Waals surface area contributed by atoms with Gasteiger partial charge in [-0.25, -0.2) is 14.4 Å². The number of piperazine rings is 1. The monoisotopic (exact) mass is 651 g/mol. The zero-order valence-electron chi connectivity index (χ0n) is 25.8. The van der Waals surface area contributed by atoms with Crippen molar-refractivity contribution in [2.24, 2.45) is 0 Å². The highest BCUT2D eigenvalue weighted by atomic mass is 35.5. The van der Waals surface area contributed by atoms with E-state index in [1.54, 1.807) is 28.3 Å². The van der Waals surface area contributed by atoms with E-state index in [-0.39, 0.29) is 56.8 Å². The van der Waals surface area contributed by atoms with Crippen molar-refractivity contribution in [3.8, 4) is 22.6 Å². The molecule has 0 unspecified atom stereocenters. The Morgan fingerprint density at radius 1 is 1.24 bits per heavy atom. The van der Waals surface area contributed by atoms with Crippen LogP contribution in [0.3, 0.4) is 0 Å². The molecule has 4 aromatic rings. The number of phenols is 1. The maximum absolute atomic E-state index is 15.7. The lowest BCUT2D eigenvalue weighted by molar-refractivity contribution is -0.116. The SMILES string of the molecule is COc1c(O)c(C)cc(-c2cn(CC(=O)Nc3cc(N4CCN(C5COC5)C[C@@H]4C)ncc3Cl)c3nc4n(c(=O)c23)CCC4)c1F. The molecule has 1 aromatic carbocycles. The number of aromatic hydroxyl groups is 1. The molecule has 1 atom stereocenters. The zero-order chi connectivity index (χ0) is 32.3. The van der Waals surface area contributed by atoms with Gasteiger partial charge in [0.15, 0.2) is 17.3 Å². The molecule has 2 fully saturated rings. The van der Waals surface area contributed by atoms with Gasteiger partial charge in [0.2, 0.25) is 5.91 Å². The van der Waals surface area contributed by atoms with Crippen LogP contribution in [0.1, 0.15) is 24.7 Å². The number of fused-ring (bicyclic) bond motifs is 2. The summed E-state index contributed by atoms with van der Waals surface area (Å²) in [5.41, 5.74) is 1.07. The second kappa shape index (κ2) is 11.9. The molecule has 12 nitrogen and oxygen atoms in total. The van der Waals surface area contributed by atoms with Crippen molar-refractivity contribution in [1.82, 2.24) is 24.0 Å². The minimum absolute atomic E-state index is 0.0645. The molecule has 6 heterocycles. The number of ether oxygens (including phenoxy) is 2. The van der Waals surface area contributed by atoms with Crippen molar-refractivity contribution in [3.63, 3.8) is 0 Å². The van der Waals surface area contributed by atoms with Gasteiger partial charge in [0, 0.05) is 62.0 Å². The number of aromatic nitrogens is 4. The molecule has 2 N–H and O–H groups in total. The number of rotatable bonds is 7. The number of pyridine rings is 1. The Hall–Kier alpha value is -4.20. The number of methoxy groups -OCH3 is 1. The van der Waals surface area contributed by atoms with Gasteiger partial charge in [-0.05, 0) is 31.9 Å². The number of carbonyl (C=O) groups is 1. The number of aryl methyl sites for hydroxylation is 2. The standard InChI is InChI=1S/C32H35ClFN7O5/c1-17-9-20(28(34)30(45-3)29(17)43)21-13-39(31-27(21)32(44)41-6-4-5-24(41)37-31)14-26(42)36-23-10-25(35-11-22(23)33)40-8-7-38(12-18(40)2)19-15-46-16-19/h9-11,13,18-19,43H,4-8,12,14-16H2,1-3H3,(H,35,36,42)/t18-/m0/s1. The van der Waals surface area contributed by atoms with Crippen molar-refractivity contribution in [2.75, 3.05) is 50.2 Å². The van der Waals surface area contributed by atoms with Crippen LogP contribution in [0.5, 0.6) is 11.5 Å². The van der Waals surface area contributed by atoms with Crippen LogP contribution >= 0.6 is 11.6 Å². The van der Waals surface area contributed by atoms with Gasteiger partial charge >= 0.3 is 0 Å². The zero-order valence-corrected chi connectivity index (χ0v) is 26.6. The molecular formula is C32H35ClFN7O5. The Kier molecular flexibility index (Phi) is 7.86. The van der Waals surface area contributed by atoms with Crippen LogP contribution in [0.15, 0.2) is 29.3 Å². The highest BCUT2D eigenvalue weighted by molar-refractivity contribution is 6.33. The maximum Gasteiger partial charge on any atom is 0.263 e. The average molecular weight is 652 g/mol. The van der Waals surface area contributed by atoms with Gasteiger partial charge in [-0.2, -0.15) is 0 Å². The number of phenolic OH excluding ortho intramolecular Hbond substituents is 1. The van der Waals surface area contributed by atoms with Crippen LogP contribution in [0, 0.1) is 12.7 Å². The fourth-order valence-electron chi connectivity index (χ4n) is 6.71. The summed E-state index contributed by atoms with van der Waals surface area (Å²) in [6.45, 7) is 8.15. The minimum Gasteiger partial charge on any atom is -0.504 e. The Labute approximate surface area is 269 Å². The fourth-order valence-corrected chi connectivity index (χ4v) is 6.86. The lowest BCUT2D eigenvalue weighted by Gasteiger charge is -2.46. The Morgan fingerprint density at radius 3 is 2.76 bits per heavy atom. The van der Waals surface area contributed by atoms with Crippen molar-refractivity contribution in [2.45, 2.75) is 51.9 Å². The van der Waals surface area contributed by atoms with Crippen LogP contribution in [-0.2, 0) is 29.0 Å². The quantitative estimate of drug-likeness (QED) is 0.308. The van der Waals surface area contributed by atoms with Crippen LogP contribution in [0.25, 0.3) is 22.2 Å². The molecule has 3 aliphatic heterocycles. The van der Waals surface area contributed by atoms with Crippen LogP contribution in [-0.4, -0.2) is 87.1 Å². The van der Waals surface area contributed by atoms with E-state index < -0.39 is 11.7 Å². The van der Waals surface area contributed by atoms with E-state index in [1.165, 1.54) is 19.4 Å². The molecule has 14 heteroatoms. The highest BCUT2D eigenvalue weighted by Crippen LogP contribution is 2.41. The second-order valence-electron chi connectivity index (χ2n) is 12.2. The number of amides is 1. The lowest BCUT2D eigenvalue weighted by Crippen LogP contribution is -2.59. The average Bonchev–Trinajstić information content (AvgIpc) is 3.61. The molecule has 242 valence electrons. The van der Waals surface area contributed by atoms with Crippen LogP contribution in [0.4, 0.5) is 15.9 Å². The normalized spacial score (nSPS) is 18.5. The third-order valence-electron chi connectivity index (χ3n) is 9.24. The third kappa shape index (κ3) is 5.16. The van der Waals surface area contributed by atoms with Gasteiger partial charge in [-0.15, -0.1) is 0 Å². The van der Waals surface area contributed by atoms with E-state index in [0.29, 0.717) is 41.9 Å². The summed E-state index contributed by atoms with van der Waals surface area (Å²) in [6, 6.07) is 3.90. The first-order chi connectivity index (χ1) is 22.1. The van der Waals surface area contributed by atoms with Crippen molar-refractivity contribution >= 4 is 40.0 Å². The molecule has 1 amide bonds. The number of halogens is 2. The molecule has 0 aliphatic carbocycles. The summed E-state index contributed by atoms with van der Waals surface area (Å²) >= 11 is 6.49. The first-order valence-corrected chi connectivity index (χ1v) is 15.7. The third-order valence-corrected chi connectivity index (χ3v) is 9.54. The number of benzene rings is 1. The fraction of sp³-hybridized carbons (Fsp3) is 0.438. The molecule has 3 aromatic heterocycles. The summed E-state index contributed by atoms with van der Waals surface area (Å²) in [5, 5.41) is 13.7. The number of hydrogen-bond acceptors (Lipinski definition) is 9. The molecule has 2 saturated heterocycles. The van der Waals surface area contributed by atoms with E-state index in [4.69, 9.17) is 26.1 Å². The Balaban J connectivity index is 1.20. The van der Waals surface area contributed by atoms with Crippen molar-refractivity contribution in [3.05, 3.63) is 57.1 Å². The van der Waals surface area contributed by atoms with E-state index in [0.717, 1.165) is 39.3 Å². The lowest BCUT2D eigenvalue weighted by atomic mass is 10.0. The summed E-state index contributed by atoms with van der Waals surface area (Å²) in [6.07, 6.45) is 4.46. The van der Waals surface area contributed by atoms with E-state index in [1.807, 2.05) is 0 Å². The first kappa shape index (κ1) is 30.5. The Bertz CT molecular complexity index is 1920. The summed E-state index contributed by atoms with van der Waals surface area (Å²) in [7, 11) is 1.26. The molecule has 46 heavy (non-hydrogen) atoms. The minimum atomic E-state index is -0.814. The predicted octanol–water partition coefficient (Wildman–Crippen LogP) is 3.57. The number of nitrogens with zero attached hydrogens (tertiary/aromatic N) is 6. The van der Waals surface area contributed by atoms with Crippen molar-refractivity contribution in [1.29, 1.82) is 0 Å². The van der Waals surface area contributed by atoms with Gasteiger partial charge in [-0.1, -0.05) is 11.6 Å². The number of hydrogen-bond donors (Lipinski definition) is 2.